The highest BCUT2D eigenvalue weighted by molar-refractivity contribution is 6.05. The van der Waals surface area contributed by atoms with Crippen LogP contribution in [0.3, 0.4) is 0 Å². The summed E-state index contributed by atoms with van der Waals surface area (Å²) < 4.78 is 15.8. The van der Waals surface area contributed by atoms with Crippen LogP contribution in [-0.2, 0) is 6.54 Å². The van der Waals surface area contributed by atoms with Crippen LogP contribution < -0.4 is 24.8 Å². The summed E-state index contributed by atoms with van der Waals surface area (Å²) >= 11 is 0. The van der Waals surface area contributed by atoms with Crippen LogP contribution in [0.25, 0.3) is 0 Å². The predicted molar refractivity (Wildman–Crippen MR) is 101 cm³/mol. The highest BCUT2D eigenvalue weighted by atomic mass is 35.5. The Bertz CT molecular complexity index is 697. The molecule has 0 spiro atoms. The van der Waals surface area contributed by atoms with Gasteiger partial charge in [0.1, 0.15) is 0 Å². The van der Waals surface area contributed by atoms with Crippen molar-refractivity contribution in [3.8, 4) is 17.2 Å². The summed E-state index contributed by atoms with van der Waals surface area (Å²) in [5.74, 6) is 1.07. The van der Waals surface area contributed by atoms with Gasteiger partial charge in [-0.05, 0) is 36.9 Å². The van der Waals surface area contributed by atoms with Crippen molar-refractivity contribution in [3.63, 3.8) is 0 Å². The van der Waals surface area contributed by atoms with Gasteiger partial charge in [-0.15, -0.1) is 12.4 Å². The lowest BCUT2D eigenvalue weighted by atomic mass is 10.1. The first-order valence-electron chi connectivity index (χ1n) is 7.47. The van der Waals surface area contributed by atoms with Crippen LogP contribution in [0, 0.1) is 0 Å². The second-order valence-electron chi connectivity index (χ2n) is 5.10. The SMILES string of the molecule is CNCc1cccc(NC(=O)c2cc(OC)c(OC)c(OC)c2)c1.Cl. The topological polar surface area (TPSA) is 68.8 Å². The van der Waals surface area contributed by atoms with E-state index in [-0.39, 0.29) is 18.3 Å². The van der Waals surface area contributed by atoms with E-state index in [0.717, 1.165) is 17.8 Å². The molecule has 2 aromatic carbocycles. The van der Waals surface area contributed by atoms with E-state index in [1.807, 2.05) is 31.3 Å². The molecule has 0 aliphatic heterocycles. The van der Waals surface area contributed by atoms with Gasteiger partial charge in [-0.3, -0.25) is 4.79 Å². The number of amides is 1. The van der Waals surface area contributed by atoms with Gasteiger partial charge in [-0.2, -0.15) is 0 Å². The second kappa shape index (κ2) is 9.76. The molecule has 0 bridgehead atoms. The summed E-state index contributed by atoms with van der Waals surface area (Å²) in [6, 6.07) is 10.9. The van der Waals surface area contributed by atoms with Gasteiger partial charge >= 0.3 is 0 Å². The van der Waals surface area contributed by atoms with E-state index in [9.17, 15) is 4.79 Å². The zero-order chi connectivity index (χ0) is 17.5. The van der Waals surface area contributed by atoms with Crippen LogP contribution in [0.1, 0.15) is 15.9 Å². The number of halogens is 1. The molecule has 0 aromatic heterocycles. The van der Waals surface area contributed by atoms with Crippen molar-refractivity contribution in [1.29, 1.82) is 0 Å². The molecule has 2 aromatic rings. The third-order valence-corrected chi connectivity index (χ3v) is 3.49. The summed E-state index contributed by atoms with van der Waals surface area (Å²) in [5.41, 5.74) is 2.23. The number of ether oxygens (including phenoxy) is 3. The van der Waals surface area contributed by atoms with Crippen molar-refractivity contribution in [2.24, 2.45) is 0 Å². The van der Waals surface area contributed by atoms with Gasteiger partial charge in [0.05, 0.1) is 21.3 Å². The molecule has 0 aliphatic rings. The normalized spacial score (nSPS) is 9.76. The summed E-state index contributed by atoms with van der Waals surface area (Å²) in [7, 11) is 6.43. The van der Waals surface area contributed by atoms with Gasteiger partial charge in [0.15, 0.2) is 11.5 Å². The molecule has 0 radical (unpaired) electrons. The van der Waals surface area contributed by atoms with Crippen LogP contribution in [0.5, 0.6) is 17.2 Å². The van der Waals surface area contributed by atoms with E-state index in [1.165, 1.54) is 21.3 Å². The molecule has 0 unspecified atom stereocenters. The van der Waals surface area contributed by atoms with Gasteiger partial charge in [-0.1, -0.05) is 12.1 Å². The largest absolute Gasteiger partial charge is 0.493 e. The third kappa shape index (κ3) is 5.01. The molecule has 2 rings (SSSR count). The first-order valence-corrected chi connectivity index (χ1v) is 7.47. The van der Waals surface area contributed by atoms with Gasteiger partial charge in [0.2, 0.25) is 5.75 Å². The number of rotatable bonds is 7. The number of benzene rings is 2. The molecule has 25 heavy (non-hydrogen) atoms. The molecule has 0 fully saturated rings. The number of methoxy groups -OCH3 is 3. The van der Waals surface area contributed by atoms with Crippen molar-refractivity contribution in [2.75, 3.05) is 33.7 Å². The van der Waals surface area contributed by atoms with Crippen molar-refractivity contribution < 1.29 is 19.0 Å². The summed E-state index contributed by atoms with van der Waals surface area (Å²) in [4.78, 5) is 12.5. The van der Waals surface area contributed by atoms with E-state index >= 15 is 0 Å². The predicted octanol–water partition coefficient (Wildman–Crippen LogP) is 3.11. The van der Waals surface area contributed by atoms with Crippen molar-refractivity contribution in [1.82, 2.24) is 5.32 Å². The van der Waals surface area contributed by atoms with Gasteiger partial charge in [-0.25, -0.2) is 0 Å². The molecule has 0 atom stereocenters. The van der Waals surface area contributed by atoms with Crippen LogP contribution in [0.4, 0.5) is 5.69 Å². The zero-order valence-corrected chi connectivity index (χ0v) is 15.5. The summed E-state index contributed by atoms with van der Waals surface area (Å²) in [6.45, 7) is 0.730. The molecule has 0 saturated heterocycles. The number of hydrogen-bond donors (Lipinski definition) is 2. The maximum atomic E-state index is 12.5. The summed E-state index contributed by atoms with van der Waals surface area (Å²) in [5, 5.41) is 5.96. The standard InChI is InChI=1S/C18H22N2O4.ClH/c1-19-11-12-6-5-7-14(8-12)20-18(21)13-9-15(22-2)17(24-4)16(10-13)23-3;/h5-10,19H,11H2,1-4H3,(H,20,21);1H. The van der Waals surface area contributed by atoms with E-state index in [2.05, 4.69) is 10.6 Å². The Morgan fingerprint density at radius 1 is 1.00 bits per heavy atom. The van der Waals surface area contributed by atoms with E-state index in [1.54, 1.807) is 12.1 Å². The Balaban J connectivity index is 0.00000312. The van der Waals surface area contributed by atoms with Crippen molar-refractivity contribution >= 4 is 24.0 Å². The lowest BCUT2D eigenvalue weighted by Gasteiger charge is -2.14. The average Bonchev–Trinajstić information content (AvgIpc) is 2.60. The number of anilines is 1. The molecule has 0 heterocycles. The van der Waals surface area contributed by atoms with Crippen molar-refractivity contribution in [3.05, 3.63) is 47.5 Å². The first kappa shape index (κ1) is 20.6. The van der Waals surface area contributed by atoms with Crippen LogP contribution in [-0.4, -0.2) is 34.3 Å². The Labute approximate surface area is 153 Å². The van der Waals surface area contributed by atoms with E-state index < -0.39 is 0 Å². The Kier molecular flexibility index (Phi) is 8.04. The fourth-order valence-electron chi connectivity index (χ4n) is 2.38. The maximum Gasteiger partial charge on any atom is 0.255 e. The Morgan fingerprint density at radius 2 is 1.64 bits per heavy atom. The quantitative estimate of drug-likeness (QED) is 0.788. The molecule has 7 heteroatoms. The highest BCUT2D eigenvalue weighted by Crippen LogP contribution is 2.38. The number of carbonyl (C=O) groups is 1. The molecule has 0 aliphatic carbocycles. The van der Waals surface area contributed by atoms with Gasteiger partial charge < -0.3 is 24.8 Å². The van der Waals surface area contributed by atoms with Gasteiger partial charge in [0.25, 0.3) is 5.91 Å². The summed E-state index contributed by atoms with van der Waals surface area (Å²) in [6.07, 6.45) is 0. The average molecular weight is 367 g/mol. The van der Waals surface area contributed by atoms with Crippen LogP contribution in [0.2, 0.25) is 0 Å². The minimum atomic E-state index is -0.254. The minimum Gasteiger partial charge on any atom is -0.493 e. The minimum absolute atomic E-state index is 0. The molecule has 0 saturated carbocycles. The monoisotopic (exact) mass is 366 g/mol. The number of nitrogens with one attached hydrogen (secondary N) is 2. The zero-order valence-electron chi connectivity index (χ0n) is 14.7. The molecule has 1 amide bonds. The molecule has 136 valence electrons. The van der Waals surface area contributed by atoms with Crippen LogP contribution >= 0.6 is 12.4 Å². The fraction of sp³-hybridized carbons (Fsp3) is 0.278. The second-order valence-corrected chi connectivity index (χ2v) is 5.10. The smallest absolute Gasteiger partial charge is 0.255 e. The highest BCUT2D eigenvalue weighted by Gasteiger charge is 2.17. The first-order chi connectivity index (χ1) is 11.6. The van der Waals surface area contributed by atoms with Crippen molar-refractivity contribution in [2.45, 2.75) is 6.54 Å². The lowest BCUT2D eigenvalue weighted by Crippen LogP contribution is -2.13. The van der Waals surface area contributed by atoms with Crippen LogP contribution in [0.15, 0.2) is 36.4 Å². The Hall–Kier alpha value is -2.44. The maximum absolute atomic E-state index is 12.5. The van der Waals surface area contributed by atoms with E-state index in [0.29, 0.717) is 22.8 Å². The van der Waals surface area contributed by atoms with Gasteiger partial charge in [0, 0.05) is 17.8 Å². The lowest BCUT2D eigenvalue weighted by molar-refractivity contribution is 0.102. The fourth-order valence-corrected chi connectivity index (χ4v) is 2.38. The van der Waals surface area contributed by atoms with E-state index in [4.69, 9.17) is 14.2 Å². The third-order valence-electron chi connectivity index (χ3n) is 3.49. The molecular formula is C18H23ClN2O4. The Morgan fingerprint density at radius 3 is 2.16 bits per heavy atom. The molecule has 6 nitrogen and oxygen atoms in total. The number of hydrogen-bond acceptors (Lipinski definition) is 5. The molecule has 2 N–H and O–H groups in total. The number of carbonyl (C=O) groups excluding carboxylic acids is 1. The molecular weight excluding hydrogens is 344 g/mol.